The molecule has 2 N–H and O–H groups in total. The molecule has 0 bridgehead atoms. The van der Waals surface area contributed by atoms with Gasteiger partial charge in [0.15, 0.2) is 0 Å². The van der Waals surface area contributed by atoms with Gasteiger partial charge < -0.3 is 10.6 Å². The zero-order valence-corrected chi connectivity index (χ0v) is 13.9. The zero-order valence-electron chi connectivity index (χ0n) is 13.9. The van der Waals surface area contributed by atoms with Crippen LogP contribution in [-0.2, 0) is 11.2 Å². The van der Waals surface area contributed by atoms with Crippen LogP contribution in [0.5, 0.6) is 0 Å². The Morgan fingerprint density at radius 1 is 1.21 bits per heavy atom. The predicted octanol–water partition coefficient (Wildman–Crippen LogP) is 3.75. The summed E-state index contributed by atoms with van der Waals surface area (Å²) in [7, 11) is 0. The summed E-state index contributed by atoms with van der Waals surface area (Å²) in [6.07, 6.45) is 2.05. The number of hydrogen-bond donors (Lipinski definition) is 1. The van der Waals surface area contributed by atoms with Gasteiger partial charge >= 0.3 is 0 Å². The van der Waals surface area contributed by atoms with Crippen molar-refractivity contribution in [1.82, 2.24) is 4.90 Å². The van der Waals surface area contributed by atoms with Gasteiger partial charge in [-0.1, -0.05) is 30.3 Å². The minimum atomic E-state index is -0.224. The number of nitrogens with zero attached hydrogens (tertiary/aromatic N) is 1. The van der Waals surface area contributed by atoms with Gasteiger partial charge in [0.1, 0.15) is 5.82 Å². The molecule has 0 radical (unpaired) electrons. The lowest BCUT2D eigenvalue weighted by Gasteiger charge is -2.21. The van der Waals surface area contributed by atoms with Gasteiger partial charge in [-0.2, -0.15) is 0 Å². The number of aryl methyl sites for hydroxylation is 1. The fraction of sp³-hybridized carbons (Fsp3) is 0.350. The predicted molar refractivity (Wildman–Crippen MR) is 94.1 cm³/mol. The van der Waals surface area contributed by atoms with Gasteiger partial charge in [0.05, 0.1) is 0 Å². The molecule has 2 aromatic carbocycles. The smallest absolute Gasteiger partial charge is 0.223 e. The zero-order chi connectivity index (χ0) is 17.1. The second kappa shape index (κ2) is 7.04. The molecular formula is C20H23FN2O. The highest BCUT2D eigenvalue weighted by Crippen LogP contribution is 2.32. The summed E-state index contributed by atoms with van der Waals surface area (Å²) in [5.41, 5.74) is 8.81. The minimum absolute atomic E-state index is 0.162. The Labute approximate surface area is 142 Å². The van der Waals surface area contributed by atoms with Gasteiger partial charge in [0.25, 0.3) is 0 Å². The molecule has 24 heavy (non-hydrogen) atoms. The van der Waals surface area contributed by atoms with E-state index in [2.05, 4.69) is 6.92 Å². The number of benzene rings is 2. The van der Waals surface area contributed by atoms with Crippen LogP contribution in [0.2, 0.25) is 0 Å². The largest absolute Gasteiger partial charge is 0.399 e. The van der Waals surface area contributed by atoms with E-state index in [1.54, 1.807) is 0 Å². The minimum Gasteiger partial charge on any atom is -0.399 e. The molecule has 1 fully saturated rings. The molecule has 0 saturated carbocycles. The maximum atomic E-state index is 13.1. The van der Waals surface area contributed by atoms with Gasteiger partial charge in [0.2, 0.25) is 5.91 Å². The number of hydrogen-bond acceptors (Lipinski definition) is 2. The average molecular weight is 326 g/mol. The van der Waals surface area contributed by atoms with Crippen molar-refractivity contribution in [1.29, 1.82) is 0 Å². The highest BCUT2D eigenvalue weighted by molar-refractivity contribution is 5.77. The highest BCUT2D eigenvalue weighted by Gasteiger charge is 2.32. The Bertz CT molecular complexity index is 714. The first-order chi connectivity index (χ1) is 11.5. The van der Waals surface area contributed by atoms with Crippen LogP contribution in [0.1, 0.15) is 36.8 Å². The van der Waals surface area contributed by atoms with E-state index in [-0.39, 0.29) is 23.7 Å². The van der Waals surface area contributed by atoms with Crippen molar-refractivity contribution < 1.29 is 9.18 Å². The third-order valence-electron chi connectivity index (χ3n) is 4.90. The first-order valence-electron chi connectivity index (χ1n) is 8.43. The molecule has 3 rings (SSSR count). The number of likely N-dealkylation sites (tertiary alicyclic amines) is 1. The number of nitrogens with two attached hydrogens (primary N) is 1. The van der Waals surface area contributed by atoms with Gasteiger partial charge in [-0.25, -0.2) is 4.39 Å². The normalized spacial score (nSPS) is 20.3. The van der Waals surface area contributed by atoms with E-state index < -0.39 is 0 Å². The molecule has 4 heteroatoms. The highest BCUT2D eigenvalue weighted by atomic mass is 19.1. The van der Waals surface area contributed by atoms with Crippen molar-refractivity contribution in [3.63, 3.8) is 0 Å². The maximum Gasteiger partial charge on any atom is 0.223 e. The van der Waals surface area contributed by atoms with Crippen LogP contribution in [0.4, 0.5) is 10.1 Å². The van der Waals surface area contributed by atoms with Crippen molar-refractivity contribution in [3.8, 4) is 0 Å². The molecule has 2 unspecified atom stereocenters. The van der Waals surface area contributed by atoms with Crippen molar-refractivity contribution >= 4 is 11.6 Å². The van der Waals surface area contributed by atoms with Gasteiger partial charge in [0, 0.05) is 30.6 Å². The molecule has 1 aliphatic rings. The second-order valence-corrected chi connectivity index (χ2v) is 6.58. The number of anilines is 1. The second-order valence-electron chi connectivity index (χ2n) is 6.58. The lowest BCUT2D eigenvalue weighted by molar-refractivity contribution is -0.131. The van der Waals surface area contributed by atoms with Crippen LogP contribution >= 0.6 is 0 Å². The standard InChI is InChI=1S/C20H23FN2O/c1-14-12-17(15-6-9-18(21)10-7-15)13-23(14)20(24)11-8-16-4-2-3-5-19(16)22/h2-7,9-10,14,17H,8,11-13,22H2,1H3. The molecule has 0 spiro atoms. The molecule has 0 aliphatic carbocycles. The number of halogens is 1. The van der Waals surface area contributed by atoms with Crippen LogP contribution in [0.25, 0.3) is 0 Å². The van der Waals surface area contributed by atoms with Gasteiger partial charge in [-0.3, -0.25) is 4.79 Å². The maximum absolute atomic E-state index is 13.1. The summed E-state index contributed by atoms with van der Waals surface area (Å²) in [5, 5.41) is 0. The molecule has 1 amide bonds. The number of nitrogen functional groups attached to an aromatic ring is 1. The first kappa shape index (κ1) is 16.5. The molecule has 1 heterocycles. The van der Waals surface area contributed by atoms with E-state index in [4.69, 9.17) is 5.73 Å². The van der Waals surface area contributed by atoms with E-state index in [1.807, 2.05) is 41.3 Å². The number of carbonyl (C=O) groups excluding carboxylic acids is 1. The molecule has 1 aliphatic heterocycles. The fourth-order valence-corrected chi connectivity index (χ4v) is 3.50. The summed E-state index contributed by atoms with van der Waals surface area (Å²) in [6.45, 7) is 2.79. The van der Waals surface area contributed by atoms with E-state index in [0.717, 1.165) is 23.2 Å². The first-order valence-corrected chi connectivity index (χ1v) is 8.43. The quantitative estimate of drug-likeness (QED) is 0.870. The van der Waals surface area contributed by atoms with Crippen molar-refractivity contribution in [3.05, 3.63) is 65.5 Å². The molecule has 2 atom stereocenters. The summed E-state index contributed by atoms with van der Waals surface area (Å²) in [6, 6.07) is 14.5. The summed E-state index contributed by atoms with van der Waals surface area (Å²) < 4.78 is 13.1. The van der Waals surface area contributed by atoms with E-state index in [9.17, 15) is 9.18 Å². The third kappa shape index (κ3) is 3.58. The van der Waals surface area contributed by atoms with Crippen LogP contribution in [0.3, 0.4) is 0 Å². The van der Waals surface area contributed by atoms with Gasteiger partial charge in [-0.15, -0.1) is 0 Å². The summed E-state index contributed by atoms with van der Waals surface area (Å²) in [5.74, 6) is 0.222. The summed E-state index contributed by atoms with van der Waals surface area (Å²) in [4.78, 5) is 14.5. The van der Waals surface area contributed by atoms with Crippen molar-refractivity contribution in [2.75, 3.05) is 12.3 Å². The average Bonchev–Trinajstić information content (AvgIpc) is 2.96. The van der Waals surface area contributed by atoms with E-state index in [1.165, 1.54) is 12.1 Å². The molecule has 126 valence electrons. The van der Waals surface area contributed by atoms with Crippen molar-refractivity contribution in [2.24, 2.45) is 0 Å². The van der Waals surface area contributed by atoms with Crippen LogP contribution in [0, 0.1) is 5.82 Å². The summed E-state index contributed by atoms with van der Waals surface area (Å²) >= 11 is 0. The SMILES string of the molecule is CC1CC(c2ccc(F)cc2)CN1C(=O)CCc1ccccc1N. The molecule has 3 nitrogen and oxygen atoms in total. The fourth-order valence-electron chi connectivity index (χ4n) is 3.50. The molecule has 0 aromatic heterocycles. The number of carbonyl (C=O) groups is 1. The van der Waals surface area contributed by atoms with Crippen LogP contribution in [0.15, 0.2) is 48.5 Å². The number of amides is 1. The Morgan fingerprint density at radius 2 is 1.92 bits per heavy atom. The van der Waals surface area contributed by atoms with Crippen LogP contribution in [-0.4, -0.2) is 23.4 Å². The Kier molecular flexibility index (Phi) is 4.84. The lowest BCUT2D eigenvalue weighted by atomic mass is 9.97. The molecule has 2 aromatic rings. The Morgan fingerprint density at radius 3 is 2.62 bits per heavy atom. The topological polar surface area (TPSA) is 46.3 Å². The van der Waals surface area contributed by atoms with E-state index >= 15 is 0 Å². The monoisotopic (exact) mass is 326 g/mol. The Hall–Kier alpha value is -2.36. The molecule has 1 saturated heterocycles. The van der Waals surface area contributed by atoms with Crippen molar-refractivity contribution in [2.45, 2.75) is 38.1 Å². The molecular weight excluding hydrogens is 303 g/mol. The van der Waals surface area contributed by atoms with Crippen LogP contribution < -0.4 is 5.73 Å². The number of para-hydroxylation sites is 1. The third-order valence-corrected chi connectivity index (χ3v) is 4.90. The number of rotatable bonds is 4. The Balaban J connectivity index is 1.61. The van der Waals surface area contributed by atoms with E-state index in [0.29, 0.717) is 19.4 Å². The lowest BCUT2D eigenvalue weighted by Crippen LogP contribution is -2.34. The van der Waals surface area contributed by atoms with Gasteiger partial charge in [-0.05, 0) is 49.1 Å².